The molecule has 0 heterocycles. The van der Waals surface area contributed by atoms with Gasteiger partial charge in [-0.05, 0) is 26.9 Å². The molecule has 0 radical (unpaired) electrons. The van der Waals surface area contributed by atoms with Crippen molar-refractivity contribution in [3.05, 3.63) is 24.3 Å². The van der Waals surface area contributed by atoms with E-state index in [0.717, 1.165) is 19.3 Å². The van der Waals surface area contributed by atoms with Crippen LogP contribution >= 0.6 is 0 Å². The van der Waals surface area contributed by atoms with Gasteiger partial charge >= 0.3 is 5.97 Å². The van der Waals surface area contributed by atoms with E-state index in [1.807, 2.05) is 43.3 Å². The van der Waals surface area contributed by atoms with Gasteiger partial charge in [-0.25, -0.2) is 4.79 Å². The second-order valence-electron chi connectivity index (χ2n) is 4.65. The van der Waals surface area contributed by atoms with Crippen molar-refractivity contribution in [2.24, 2.45) is 0 Å². The summed E-state index contributed by atoms with van der Waals surface area (Å²) in [6, 6.07) is 0. The first-order valence-electron chi connectivity index (χ1n) is 6.32. The van der Waals surface area contributed by atoms with Crippen molar-refractivity contribution in [2.75, 3.05) is 20.7 Å². The Hall–Kier alpha value is -1.09. The molecule has 0 bridgehead atoms. The third-order valence-electron chi connectivity index (χ3n) is 3.18. The summed E-state index contributed by atoms with van der Waals surface area (Å²) in [6.07, 6.45) is 11.7. The highest BCUT2D eigenvalue weighted by molar-refractivity contribution is 5.84. The van der Waals surface area contributed by atoms with Crippen LogP contribution in [0.5, 0.6) is 0 Å². The molecule has 96 valence electrons. The fourth-order valence-corrected chi connectivity index (χ4v) is 1.92. The van der Waals surface area contributed by atoms with Gasteiger partial charge in [-0.3, -0.25) is 4.90 Å². The van der Waals surface area contributed by atoms with Gasteiger partial charge in [-0.2, -0.15) is 0 Å². The fourth-order valence-electron chi connectivity index (χ4n) is 1.92. The molecule has 0 N–H and O–H groups in total. The number of carbonyl (C=O) groups excluding carboxylic acids is 1. The number of rotatable bonds is 6. The lowest BCUT2D eigenvalue weighted by molar-refractivity contribution is -0.153. The van der Waals surface area contributed by atoms with E-state index < -0.39 is 5.54 Å². The van der Waals surface area contributed by atoms with Gasteiger partial charge in [-0.15, -0.1) is 0 Å². The average Bonchev–Trinajstić information content (AvgIpc) is 2.35. The summed E-state index contributed by atoms with van der Waals surface area (Å²) in [4.78, 5) is 14.1. The van der Waals surface area contributed by atoms with E-state index >= 15 is 0 Å². The summed E-state index contributed by atoms with van der Waals surface area (Å²) in [5.41, 5.74) is -0.610. The molecule has 0 saturated heterocycles. The van der Waals surface area contributed by atoms with Crippen LogP contribution in [0.25, 0.3) is 0 Å². The van der Waals surface area contributed by atoms with Gasteiger partial charge in [0.15, 0.2) is 0 Å². The summed E-state index contributed by atoms with van der Waals surface area (Å²) in [5, 5.41) is 0. The number of unbranched alkanes of at least 4 members (excludes halogenated alkanes) is 2. The number of nitrogens with zero attached hydrogens (tertiary/aromatic N) is 1. The summed E-state index contributed by atoms with van der Waals surface area (Å²) in [6.45, 7) is 2.66. The van der Waals surface area contributed by atoms with Crippen LogP contribution in [0.15, 0.2) is 24.3 Å². The number of hydrogen-bond acceptors (Lipinski definition) is 3. The highest BCUT2D eigenvalue weighted by Crippen LogP contribution is 2.25. The molecule has 1 atom stereocenters. The molecule has 1 rings (SSSR count). The normalized spacial score (nSPS) is 23.1. The highest BCUT2D eigenvalue weighted by atomic mass is 16.5. The van der Waals surface area contributed by atoms with Crippen molar-refractivity contribution in [2.45, 2.75) is 38.1 Å². The van der Waals surface area contributed by atoms with Crippen molar-refractivity contribution < 1.29 is 9.53 Å². The Morgan fingerprint density at radius 3 is 2.65 bits per heavy atom. The molecule has 17 heavy (non-hydrogen) atoms. The van der Waals surface area contributed by atoms with Crippen LogP contribution in [0, 0.1) is 0 Å². The predicted octanol–water partition coefficient (Wildman–Crippen LogP) is 2.54. The van der Waals surface area contributed by atoms with E-state index in [2.05, 4.69) is 6.92 Å². The Bertz CT molecular complexity index is 307. The molecule has 1 aliphatic rings. The zero-order chi connectivity index (χ0) is 12.7. The van der Waals surface area contributed by atoms with E-state index in [4.69, 9.17) is 4.74 Å². The molecule has 0 saturated carbocycles. The summed E-state index contributed by atoms with van der Waals surface area (Å²) in [7, 11) is 3.83. The molecule has 0 aromatic carbocycles. The van der Waals surface area contributed by atoms with Crippen molar-refractivity contribution in [1.82, 2.24) is 4.90 Å². The second kappa shape index (κ2) is 6.60. The van der Waals surface area contributed by atoms with E-state index in [1.54, 1.807) is 0 Å². The maximum atomic E-state index is 12.2. The number of hydrogen-bond donors (Lipinski definition) is 0. The van der Waals surface area contributed by atoms with Gasteiger partial charge < -0.3 is 4.74 Å². The Kier molecular flexibility index (Phi) is 5.42. The number of carbonyl (C=O) groups is 1. The molecule has 0 fully saturated rings. The molecule has 3 nitrogen and oxygen atoms in total. The molecular weight excluding hydrogens is 214 g/mol. The Labute approximate surface area is 104 Å². The van der Waals surface area contributed by atoms with E-state index in [1.165, 1.54) is 0 Å². The number of allylic oxidation sites excluding steroid dienone is 2. The number of likely N-dealkylation sites (N-methyl/N-ethyl adjacent to an activating group) is 1. The zero-order valence-electron chi connectivity index (χ0n) is 11.1. The van der Waals surface area contributed by atoms with Crippen molar-refractivity contribution in [3.63, 3.8) is 0 Å². The molecule has 0 aromatic rings. The molecule has 1 unspecified atom stereocenters. The van der Waals surface area contributed by atoms with Crippen molar-refractivity contribution >= 4 is 5.97 Å². The molecule has 0 aliphatic heterocycles. The lowest BCUT2D eigenvalue weighted by Crippen LogP contribution is -2.50. The summed E-state index contributed by atoms with van der Waals surface area (Å²) < 4.78 is 5.38. The topological polar surface area (TPSA) is 29.5 Å². The quantitative estimate of drug-likeness (QED) is 0.525. The molecule has 0 amide bonds. The largest absolute Gasteiger partial charge is 0.464 e. The monoisotopic (exact) mass is 237 g/mol. The minimum atomic E-state index is -0.610. The van der Waals surface area contributed by atoms with Crippen LogP contribution in [0.3, 0.4) is 0 Å². The first-order chi connectivity index (χ1) is 8.13. The minimum Gasteiger partial charge on any atom is -0.464 e. The Balaban J connectivity index is 2.56. The minimum absolute atomic E-state index is 0.140. The lowest BCUT2D eigenvalue weighted by Gasteiger charge is -2.35. The van der Waals surface area contributed by atoms with Crippen LogP contribution in [0.1, 0.15) is 32.6 Å². The van der Waals surface area contributed by atoms with Crippen LogP contribution in [0.2, 0.25) is 0 Å². The van der Waals surface area contributed by atoms with E-state index in [-0.39, 0.29) is 5.97 Å². The third-order valence-corrected chi connectivity index (χ3v) is 3.18. The van der Waals surface area contributed by atoms with Gasteiger partial charge in [0.05, 0.1) is 6.61 Å². The van der Waals surface area contributed by atoms with Gasteiger partial charge in [0, 0.05) is 0 Å². The fraction of sp³-hybridized carbons (Fsp3) is 0.643. The number of ether oxygens (including phenoxy) is 1. The zero-order valence-corrected chi connectivity index (χ0v) is 11.1. The molecule has 1 aliphatic carbocycles. The van der Waals surface area contributed by atoms with Crippen LogP contribution < -0.4 is 0 Å². The second-order valence-corrected chi connectivity index (χ2v) is 4.65. The molecule has 0 spiro atoms. The van der Waals surface area contributed by atoms with Crippen LogP contribution in [-0.4, -0.2) is 37.1 Å². The Morgan fingerprint density at radius 2 is 2.12 bits per heavy atom. The van der Waals surface area contributed by atoms with Gasteiger partial charge in [0.2, 0.25) is 0 Å². The van der Waals surface area contributed by atoms with E-state index in [9.17, 15) is 4.79 Å². The Morgan fingerprint density at radius 1 is 1.35 bits per heavy atom. The van der Waals surface area contributed by atoms with Crippen LogP contribution in [0.4, 0.5) is 0 Å². The first-order valence-corrected chi connectivity index (χ1v) is 6.32. The third kappa shape index (κ3) is 3.43. The molecule has 3 heteroatoms. The standard InChI is InChI=1S/C14H23NO2/c1-4-5-9-12-17-13(16)14(15(2)3)10-7-6-8-11-14/h6-8,10H,4-5,9,11-12H2,1-3H3. The lowest BCUT2D eigenvalue weighted by atomic mass is 9.90. The SMILES string of the molecule is CCCCCOC(=O)C1(N(C)C)C=CC=CC1. The average molecular weight is 237 g/mol. The summed E-state index contributed by atoms with van der Waals surface area (Å²) >= 11 is 0. The van der Waals surface area contributed by atoms with E-state index in [0.29, 0.717) is 13.0 Å². The van der Waals surface area contributed by atoms with Crippen LogP contribution in [-0.2, 0) is 9.53 Å². The smallest absolute Gasteiger partial charge is 0.330 e. The molecule has 0 aromatic heterocycles. The maximum absolute atomic E-state index is 12.2. The maximum Gasteiger partial charge on any atom is 0.330 e. The first kappa shape index (κ1) is 14.0. The van der Waals surface area contributed by atoms with Gasteiger partial charge in [-0.1, -0.05) is 44.1 Å². The summed E-state index contributed by atoms with van der Waals surface area (Å²) in [5.74, 6) is -0.140. The van der Waals surface area contributed by atoms with Crippen molar-refractivity contribution in [1.29, 1.82) is 0 Å². The number of esters is 1. The van der Waals surface area contributed by atoms with Crippen molar-refractivity contribution in [3.8, 4) is 0 Å². The van der Waals surface area contributed by atoms with Gasteiger partial charge in [0.1, 0.15) is 5.54 Å². The highest BCUT2D eigenvalue weighted by Gasteiger charge is 2.39. The molecular formula is C14H23NO2. The van der Waals surface area contributed by atoms with Gasteiger partial charge in [0.25, 0.3) is 0 Å². The predicted molar refractivity (Wildman–Crippen MR) is 69.8 cm³/mol.